The van der Waals surface area contributed by atoms with Gasteiger partial charge in [-0.3, -0.25) is 4.90 Å². The molecule has 0 saturated carbocycles. The maximum Gasteiger partial charge on any atom is 0.139 e. The highest BCUT2D eigenvalue weighted by Crippen LogP contribution is 2.40. The summed E-state index contributed by atoms with van der Waals surface area (Å²) in [6.45, 7) is 4.26. The summed E-state index contributed by atoms with van der Waals surface area (Å²) < 4.78 is 0. The number of aromatic amines is 1. The quantitative estimate of drug-likeness (QED) is 0.635. The number of imidazole rings is 1. The zero-order valence-electron chi connectivity index (χ0n) is 15.2. The molecule has 1 aliphatic carbocycles. The van der Waals surface area contributed by atoms with Crippen LogP contribution in [0.15, 0.2) is 42.5 Å². The van der Waals surface area contributed by atoms with Crippen LogP contribution < -0.4 is 0 Å². The summed E-state index contributed by atoms with van der Waals surface area (Å²) in [4.78, 5) is 10.9. The fourth-order valence-electron chi connectivity index (χ4n) is 4.58. The predicted molar refractivity (Wildman–Crippen MR) is 110 cm³/mol. The monoisotopic (exact) mass is 397 g/mol. The molecule has 2 heterocycles. The van der Waals surface area contributed by atoms with E-state index >= 15 is 0 Å². The summed E-state index contributed by atoms with van der Waals surface area (Å²) in [6, 6.07) is 14.1. The van der Waals surface area contributed by atoms with Crippen LogP contribution in [0.4, 0.5) is 0 Å². The lowest BCUT2D eigenvalue weighted by Gasteiger charge is -2.40. The summed E-state index contributed by atoms with van der Waals surface area (Å²) in [5, 5.41) is 1.63. The molecule has 1 aliphatic heterocycles. The Morgan fingerprint density at radius 3 is 2.67 bits per heavy atom. The molecule has 2 aromatic carbocycles. The molecule has 1 aromatic heterocycles. The van der Waals surface area contributed by atoms with Gasteiger partial charge in [0.2, 0.25) is 0 Å². The Kier molecular flexibility index (Phi) is 4.08. The van der Waals surface area contributed by atoms with Crippen molar-refractivity contribution in [2.24, 2.45) is 0 Å². The van der Waals surface area contributed by atoms with E-state index in [-0.39, 0.29) is 5.54 Å². The number of H-pyrrole nitrogens is 1. The van der Waals surface area contributed by atoms with Crippen molar-refractivity contribution in [3.8, 4) is 11.4 Å². The second kappa shape index (κ2) is 6.37. The van der Waals surface area contributed by atoms with Crippen LogP contribution in [0.5, 0.6) is 0 Å². The fraction of sp³-hybridized carbons (Fsp3) is 0.318. The average Bonchev–Trinajstić information content (AvgIpc) is 3.23. The first-order chi connectivity index (χ1) is 13.0. The lowest BCUT2D eigenvalue weighted by molar-refractivity contribution is 0.0948. The van der Waals surface area contributed by atoms with E-state index in [0.29, 0.717) is 0 Å². The second-order valence-corrected chi connectivity index (χ2v) is 8.70. The summed E-state index contributed by atoms with van der Waals surface area (Å²) in [6.07, 6.45) is 3.00. The number of nitrogens with one attached hydrogen (secondary N) is 1. The van der Waals surface area contributed by atoms with Crippen molar-refractivity contribution in [1.82, 2.24) is 14.9 Å². The number of hydrogen-bond acceptors (Lipinski definition) is 2. The topological polar surface area (TPSA) is 31.9 Å². The Morgan fingerprint density at radius 2 is 1.85 bits per heavy atom. The van der Waals surface area contributed by atoms with Gasteiger partial charge in [0, 0.05) is 35.6 Å². The number of benzene rings is 2. The number of nitrogens with zero attached hydrogens (tertiary/aromatic N) is 2. The molecule has 1 atom stereocenters. The van der Waals surface area contributed by atoms with Crippen molar-refractivity contribution in [1.29, 1.82) is 0 Å². The number of hydrogen-bond donors (Lipinski definition) is 1. The normalized spacial score (nSPS) is 21.9. The second-order valence-electron chi connectivity index (χ2n) is 7.89. The van der Waals surface area contributed by atoms with Gasteiger partial charge in [-0.1, -0.05) is 47.5 Å². The molecule has 5 rings (SSSR count). The molecule has 2 aliphatic rings. The van der Waals surface area contributed by atoms with E-state index < -0.39 is 0 Å². The first kappa shape index (κ1) is 17.3. The third-order valence-corrected chi connectivity index (χ3v) is 6.75. The molecule has 0 bridgehead atoms. The fourth-order valence-corrected chi connectivity index (χ4v) is 5.07. The van der Waals surface area contributed by atoms with Gasteiger partial charge in [0.05, 0.1) is 16.4 Å². The van der Waals surface area contributed by atoms with Gasteiger partial charge in [-0.05, 0) is 49.1 Å². The van der Waals surface area contributed by atoms with Crippen LogP contribution in [0.2, 0.25) is 10.0 Å². The molecule has 0 amide bonds. The Bertz CT molecular complexity index is 1030. The number of aromatic nitrogens is 2. The van der Waals surface area contributed by atoms with E-state index in [9.17, 15) is 0 Å². The molecule has 3 nitrogen and oxygen atoms in total. The summed E-state index contributed by atoms with van der Waals surface area (Å²) in [7, 11) is 0. The minimum absolute atomic E-state index is 0.0979. The van der Waals surface area contributed by atoms with Gasteiger partial charge in [0.1, 0.15) is 5.82 Å². The third-order valence-electron chi connectivity index (χ3n) is 6.07. The smallest absolute Gasteiger partial charge is 0.139 e. The highest BCUT2D eigenvalue weighted by molar-refractivity contribution is 6.33. The molecule has 0 saturated heterocycles. The number of rotatable bonds is 2. The van der Waals surface area contributed by atoms with Crippen LogP contribution in [0, 0.1) is 0 Å². The maximum absolute atomic E-state index is 6.46. The number of halogens is 2. The van der Waals surface area contributed by atoms with Gasteiger partial charge >= 0.3 is 0 Å². The molecule has 27 heavy (non-hydrogen) atoms. The lowest BCUT2D eigenvalue weighted by atomic mass is 9.93. The molecular formula is C22H21Cl2N3. The zero-order chi connectivity index (χ0) is 18.6. The Morgan fingerprint density at radius 1 is 1.04 bits per heavy atom. The molecule has 0 radical (unpaired) electrons. The van der Waals surface area contributed by atoms with Crippen molar-refractivity contribution >= 4 is 23.2 Å². The van der Waals surface area contributed by atoms with E-state index in [0.717, 1.165) is 53.8 Å². The van der Waals surface area contributed by atoms with E-state index in [1.54, 1.807) is 0 Å². The summed E-state index contributed by atoms with van der Waals surface area (Å²) in [5.41, 5.74) is 6.14. The van der Waals surface area contributed by atoms with Gasteiger partial charge < -0.3 is 4.98 Å². The molecule has 3 aromatic rings. The Balaban J connectivity index is 1.42. The molecule has 1 unspecified atom stereocenters. The van der Waals surface area contributed by atoms with Gasteiger partial charge in [-0.15, -0.1) is 0 Å². The van der Waals surface area contributed by atoms with Crippen LogP contribution in [0.3, 0.4) is 0 Å². The molecule has 138 valence electrons. The Labute approximate surface area is 169 Å². The van der Waals surface area contributed by atoms with Crippen LogP contribution in [0.25, 0.3) is 11.4 Å². The molecule has 1 N–H and O–H groups in total. The van der Waals surface area contributed by atoms with E-state index in [4.69, 9.17) is 28.2 Å². The van der Waals surface area contributed by atoms with Crippen molar-refractivity contribution in [2.75, 3.05) is 6.54 Å². The van der Waals surface area contributed by atoms with Crippen molar-refractivity contribution in [3.05, 3.63) is 75.0 Å². The maximum atomic E-state index is 6.46. The van der Waals surface area contributed by atoms with E-state index in [1.165, 1.54) is 22.5 Å². The van der Waals surface area contributed by atoms with Gasteiger partial charge in [-0.2, -0.15) is 0 Å². The van der Waals surface area contributed by atoms with Crippen molar-refractivity contribution < 1.29 is 0 Å². The Hall–Kier alpha value is -1.81. The first-order valence-electron chi connectivity index (χ1n) is 9.37. The largest absolute Gasteiger partial charge is 0.340 e. The minimum atomic E-state index is 0.0979. The standard InChI is InChI=1S/C22H21Cl2N3/c1-22(11-14-5-4-8-18(24)16(14)12-22)27-10-9-19-20(13-27)26-21(25-19)15-6-2-3-7-17(15)23/h2-8H,9-13H2,1H3,(H,25,26). The molecule has 5 heteroatoms. The lowest BCUT2D eigenvalue weighted by Crippen LogP contribution is -2.49. The van der Waals surface area contributed by atoms with Crippen molar-refractivity contribution in [3.63, 3.8) is 0 Å². The first-order valence-corrected chi connectivity index (χ1v) is 10.1. The minimum Gasteiger partial charge on any atom is -0.340 e. The van der Waals surface area contributed by atoms with E-state index in [2.05, 4.69) is 28.9 Å². The van der Waals surface area contributed by atoms with Crippen molar-refractivity contribution in [2.45, 2.75) is 38.3 Å². The highest BCUT2D eigenvalue weighted by Gasteiger charge is 2.40. The summed E-state index contributed by atoms with van der Waals surface area (Å²) in [5.74, 6) is 0.871. The molecular weight excluding hydrogens is 377 g/mol. The zero-order valence-corrected chi connectivity index (χ0v) is 16.7. The summed E-state index contributed by atoms with van der Waals surface area (Å²) >= 11 is 12.8. The van der Waals surface area contributed by atoms with Gasteiger partial charge in [0.25, 0.3) is 0 Å². The molecule has 0 fully saturated rings. The van der Waals surface area contributed by atoms with Crippen LogP contribution in [-0.4, -0.2) is 27.0 Å². The van der Waals surface area contributed by atoms with Crippen LogP contribution in [0.1, 0.15) is 29.4 Å². The third kappa shape index (κ3) is 2.89. The van der Waals surface area contributed by atoms with Crippen LogP contribution in [-0.2, 0) is 25.8 Å². The van der Waals surface area contributed by atoms with Gasteiger partial charge in [-0.25, -0.2) is 4.98 Å². The van der Waals surface area contributed by atoms with Crippen LogP contribution >= 0.6 is 23.2 Å². The number of fused-ring (bicyclic) bond motifs is 2. The average molecular weight is 398 g/mol. The van der Waals surface area contributed by atoms with Gasteiger partial charge in [0.15, 0.2) is 0 Å². The van der Waals surface area contributed by atoms with E-state index in [1.807, 2.05) is 30.3 Å². The SMILES string of the molecule is CC1(N2CCc3nc(-c4ccccc4Cl)[nH]c3C2)Cc2cccc(Cl)c2C1. The molecule has 0 spiro atoms. The predicted octanol–water partition coefficient (Wildman–Crippen LogP) is 5.30. The highest BCUT2D eigenvalue weighted by atomic mass is 35.5.